The minimum atomic E-state index is 0. The SMILES string of the molecule is C.C.C.CC.CC.CCC.CCC.[B].[B]. The van der Waals surface area contributed by atoms with Crippen LogP contribution in [0.25, 0.3) is 0 Å². The monoisotopic (exact) mass is 218 g/mol. The second kappa shape index (κ2) is 537. The highest BCUT2D eigenvalue weighted by atomic mass is 13.4. The normalized spacial score (nSPS) is 3.20. The fourth-order valence-electron chi connectivity index (χ4n) is 0. The van der Waals surface area contributed by atoms with E-state index in [1.54, 1.807) is 0 Å². The van der Waals surface area contributed by atoms with Crippen LogP contribution < -0.4 is 0 Å². The Kier molecular flexibility index (Phi) is 2880. The molecular weight excluding hydrogens is 178 g/mol. The molecule has 0 aromatic heterocycles. The maximum absolute atomic E-state index is 2.12. The summed E-state index contributed by atoms with van der Waals surface area (Å²) in [5.41, 5.74) is 0. The molecule has 0 fully saturated rings. The van der Waals surface area contributed by atoms with Crippen molar-refractivity contribution in [2.24, 2.45) is 0 Å². The Balaban J connectivity index is -0.00000000418. The van der Waals surface area contributed by atoms with Crippen molar-refractivity contribution >= 4 is 16.8 Å². The van der Waals surface area contributed by atoms with Crippen molar-refractivity contribution in [1.82, 2.24) is 0 Å². The molecule has 0 bridgehead atoms. The summed E-state index contributed by atoms with van der Waals surface area (Å²) in [7, 11) is 0. The van der Waals surface area contributed by atoms with Crippen LogP contribution in [0.1, 0.15) is 90.5 Å². The van der Waals surface area contributed by atoms with Gasteiger partial charge in [-0.25, -0.2) is 0 Å². The molecule has 0 nitrogen and oxygen atoms in total. The molecule has 0 aliphatic carbocycles. The lowest BCUT2D eigenvalue weighted by molar-refractivity contribution is 1.09. The standard InChI is InChI=1S/2C3H8.2C2H6.3CH4.2B/c2*1-3-2;2*1-2;;;;;/h2*3H2,1-2H3;2*1-2H3;3*1H4;;. The van der Waals surface area contributed by atoms with Gasteiger partial charge >= 0.3 is 0 Å². The third-order valence-electron chi connectivity index (χ3n) is 0. The Hall–Kier alpha value is 0.130. The highest BCUT2D eigenvalue weighted by Gasteiger charge is 1.36. The van der Waals surface area contributed by atoms with E-state index < -0.39 is 0 Å². The average molecular weight is 218 g/mol. The van der Waals surface area contributed by atoms with Gasteiger partial charge in [-0.3, -0.25) is 0 Å². The van der Waals surface area contributed by atoms with Gasteiger partial charge in [0.05, 0.1) is 0 Å². The highest BCUT2D eigenvalue weighted by Crippen LogP contribution is 1.56. The van der Waals surface area contributed by atoms with E-state index >= 15 is 0 Å². The second-order valence-electron chi connectivity index (χ2n) is 1.41. The summed E-state index contributed by atoms with van der Waals surface area (Å²) in [6.45, 7) is 16.5. The predicted molar refractivity (Wildman–Crippen MR) is 86.3 cm³/mol. The van der Waals surface area contributed by atoms with Crippen molar-refractivity contribution in [2.75, 3.05) is 0 Å². The van der Waals surface area contributed by atoms with E-state index in [2.05, 4.69) is 27.7 Å². The maximum atomic E-state index is 2.12. The van der Waals surface area contributed by atoms with Crippen LogP contribution in [-0.4, -0.2) is 16.8 Å². The van der Waals surface area contributed by atoms with Crippen molar-refractivity contribution < 1.29 is 0 Å². The van der Waals surface area contributed by atoms with Gasteiger partial charge in [0.1, 0.15) is 0 Å². The van der Waals surface area contributed by atoms with E-state index in [4.69, 9.17) is 0 Å². The van der Waals surface area contributed by atoms with Crippen molar-refractivity contribution in [3.8, 4) is 0 Å². The molecule has 0 rings (SSSR count). The largest absolute Gasteiger partial charge is 0.0776 e. The predicted octanol–water partition coefficient (Wildman–Crippen LogP) is 6.03. The topological polar surface area (TPSA) is 0 Å². The van der Waals surface area contributed by atoms with Crippen molar-refractivity contribution in [3.63, 3.8) is 0 Å². The quantitative estimate of drug-likeness (QED) is 0.435. The van der Waals surface area contributed by atoms with Crippen LogP contribution in [-0.2, 0) is 0 Å². The molecular formula is C13H40B2. The van der Waals surface area contributed by atoms with E-state index in [0.717, 1.165) is 0 Å². The fourth-order valence-corrected chi connectivity index (χ4v) is 0. The fraction of sp³-hybridized carbons (Fsp3) is 1.00. The van der Waals surface area contributed by atoms with Gasteiger partial charge in [0.15, 0.2) is 0 Å². The lowest BCUT2D eigenvalue weighted by Crippen LogP contribution is -1.27. The van der Waals surface area contributed by atoms with Gasteiger partial charge in [-0.05, 0) is 0 Å². The Morgan fingerprint density at radius 2 is 0.467 bits per heavy atom. The van der Waals surface area contributed by atoms with Crippen molar-refractivity contribution in [2.45, 2.75) is 90.5 Å². The zero-order valence-corrected chi connectivity index (χ0v) is 10.6. The number of hydrogen-bond acceptors (Lipinski definition) is 0. The zero-order valence-electron chi connectivity index (χ0n) is 10.6. The molecule has 0 aromatic carbocycles. The summed E-state index contributed by atoms with van der Waals surface area (Å²) >= 11 is 0. The minimum Gasteiger partial charge on any atom is -0.0776 e. The lowest BCUT2D eigenvalue weighted by atomic mass is 10.6. The number of hydrogen-bond donors (Lipinski definition) is 0. The molecule has 0 saturated heterocycles. The van der Waals surface area contributed by atoms with Crippen molar-refractivity contribution in [1.29, 1.82) is 0 Å². The highest BCUT2D eigenvalue weighted by molar-refractivity contribution is 5.76. The molecule has 0 heterocycles. The zero-order chi connectivity index (χ0) is 9.41. The molecule has 0 aromatic rings. The third-order valence-corrected chi connectivity index (χ3v) is 0. The molecule has 0 atom stereocenters. The van der Waals surface area contributed by atoms with Crippen LogP contribution in [0.3, 0.4) is 0 Å². The molecule has 6 radical (unpaired) electrons. The van der Waals surface area contributed by atoms with E-state index in [0.29, 0.717) is 0 Å². The van der Waals surface area contributed by atoms with E-state index in [1.807, 2.05) is 27.7 Å². The smallest absolute Gasteiger partial charge is 0 e. The van der Waals surface area contributed by atoms with Crippen LogP contribution in [0.15, 0.2) is 0 Å². The van der Waals surface area contributed by atoms with Gasteiger partial charge in [0.25, 0.3) is 0 Å². The molecule has 0 spiro atoms. The van der Waals surface area contributed by atoms with E-state index in [-0.39, 0.29) is 39.1 Å². The maximum Gasteiger partial charge on any atom is 0 e. The Morgan fingerprint density at radius 1 is 0.467 bits per heavy atom. The summed E-state index contributed by atoms with van der Waals surface area (Å²) in [6, 6.07) is 0. The summed E-state index contributed by atoms with van der Waals surface area (Å²) in [6.07, 6.45) is 2.50. The Bertz CT molecular complexity index is 10.5. The van der Waals surface area contributed by atoms with Crippen molar-refractivity contribution in [3.05, 3.63) is 0 Å². The van der Waals surface area contributed by atoms with Gasteiger partial charge in [0, 0.05) is 16.8 Å². The Morgan fingerprint density at radius 3 is 0.467 bits per heavy atom. The number of rotatable bonds is 0. The van der Waals surface area contributed by atoms with Crippen LogP contribution in [0, 0.1) is 0 Å². The van der Waals surface area contributed by atoms with Crippen LogP contribution >= 0.6 is 0 Å². The van der Waals surface area contributed by atoms with Gasteiger partial charge < -0.3 is 0 Å². The summed E-state index contributed by atoms with van der Waals surface area (Å²) in [5, 5.41) is 0. The first kappa shape index (κ1) is 80.4. The average Bonchev–Trinajstić information content (AvgIpc) is 1.99. The molecule has 98 valence electrons. The first-order chi connectivity index (χ1) is 4.83. The minimum absolute atomic E-state index is 0. The van der Waals surface area contributed by atoms with E-state index in [1.165, 1.54) is 12.8 Å². The molecule has 2 heteroatoms. The first-order valence-corrected chi connectivity index (χ1v) is 4.83. The van der Waals surface area contributed by atoms with Gasteiger partial charge in [-0.15, -0.1) is 0 Å². The molecule has 0 aliphatic rings. The van der Waals surface area contributed by atoms with Crippen LogP contribution in [0.4, 0.5) is 0 Å². The lowest BCUT2D eigenvalue weighted by Gasteiger charge is -1.48. The molecule has 15 heavy (non-hydrogen) atoms. The van der Waals surface area contributed by atoms with Gasteiger partial charge in [-0.1, -0.05) is 90.5 Å². The van der Waals surface area contributed by atoms with Gasteiger partial charge in [-0.2, -0.15) is 0 Å². The van der Waals surface area contributed by atoms with E-state index in [9.17, 15) is 0 Å². The molecule has 0 N–H and O–H groups in total. The summed E-state index contributed by atoms with van der Waals surface area (Å²) < 4.78 is 0. The second-order valence-corrected chi connectivity index (χ2v) is 1.41. The molecule has 0 aliphatic heterocycles. The van der Waals surface area contributed by atoms with Gasteiger partial charge in [0.2, 0.25) is 0 Å². The summed E-state index contributed by atoms with van der Waals surface area (Å²) in [4.78, 5) is 0. The molecule has 0 saturated carbocycles. The Labute approximate surface area is 108 Å². The molecule has 0 unspecified atom stereocenters. The first-order valence-electron chi connectivity index (χ1n) is 4.83. The van der Waals surface area contributed by atoms with Crippen LogP contribution in [0.5, 0.6) is 0 Å². The molecule has 0 amide bonds. The summed E-state index contributed by atoms with van der Waals surface area (Å²) in [5.74, 6) is 0. The van der Waals surface area contributed by atoms with Crippen LogP contribution in [0.2, 0.25) is 0 Å². The third kappa shape index (κ3) is 123000.